The van der Waals surface area contributed by atoms with E-state index in [2.05, 4.69) is 4.99 Å². The van der Waals surface area contributed by atoms with E-state index in [-0.39, 0.29) is 6.42 Å². The highest BCUT2D eigenvalue weighted by Crippen LogP contribution is 2.09. The highest BCUT2D eigenvalue weighted by molar-refractivity contribution is 7.07. The van der Waals surface area contributed by atoms with Crippen molar-refractivity contribution in [1.29, 1.82) is 0 Å². The summed E-state index contributed by atoms with van der Waals surface area (Å²) in [5.74, 6) is -0.829. The topological polar surface area (TPSA) is 54.6 Å². The van der Waals surface area contributed by atoms with Crippen LogP contribution < -0.4 is 4.80 Å². The van der Waals surface area contributed by atoms with E-state index in [1.807, 2.05) is 47.3 Å². The Labute approximate surface area is 103 Å². The van der Waals surface area contributed by atoms with E-state index in [1.165, 1.54) is 11.3 Å². The zero-order valence-corrected chi connectivity index (χ0v) is 10.1. The predicted octanol–water partition coefficient (Wildman–Crippen LogP) is 1.95. The Hall–Kier alpha value is -1.88. The van der Waals surface area contributed by atoms with Crippen molar-refractivity contribution in [3.63, 3.8) is 0 Å². The number of para-hydroxylation sites is 1. The molecule has 0 saturated heterocycles. The van der Waals surface area contributed by atoms with Crippen LogP contribution in [-0.4, -0.2) is 15.6 Å². The minimum absolute atomic E-state index is 0.0251. The summed E-state index contributed by atoms with van der Waals surface area (Å²) in [6.45, 7) is 0. The smallest absolute Gasteiger partial charge is 0.309 e. The Balaban J connectivity index is 2.38. The van der Waals surface area contributed by atoms with Crippen molar-refractivity contribution in [1.82, 2.24) is 4.57 Å². The van der Waals surface area contributed by atoms with Crippen LogP contribution in [0.15, 0.2) is 40.7 Å². The SMILES string of the molecule is Cn1c(CC(=O)O)csc1=Nc1ccccc1. The number of hydrogen-bond donors (Lipinski definition) is 1. The number of rotatable bonds is 3. The van der Waals surface area contributed by atoms with Gasteiger partial charge in [0.1, 0.15) is 0 Å². The van der Waals surface area contributed by atoms with Gasteiger partial charge in [-0.15, -0.1) is 11.3 Å². The van der Waals surface area contributed by atoms with Crippen LogP contribution in [0, 0.1) is 0 Å². The molecule has 17 heavy (non-hydrogen) atoms. The molecule has 1 N–H and O–H groups in total. The summed E-state index contributed by atoms with van der Waals surface area (Å²) in [5.41, 5.74) is 1.63. The molecule has 0 saturated carbocycles. The van der Waals surface area contributed by atoms with Gasteiger partial charge in [-0.05, 0) is 12.1 Å². The average molecular weight is 248 g/mol. The first-order chi connectivity index (χ1) is 8.16. The Morgan fingerprint density at radius 3 is 2.76 bits per heavy atom. The molecule has 0 unspecified atom stereocenters. The molecule has 0 amide bonds. The molecule has 0 atom stereocenters. The molecular formula is C12H12N2O2S. The maximum Gasteiger partial charge on any atom is 0.309 e. The van der Waals surface area contributed by atoms with Gasteiger partial charge in [-0.25, -0.2) is 4.99 Å². The van der Waals surface area contributed by atoms with Crippen molar-refractivity contribution in [3.05, 3.63) is 46.2 Å². The van der Waals surface area contributed by atoms with Gasteiger partial charge in [0, 0.05) is 18.1 Å². The maximum atomic E-state index is 10.6. The van der Waals surface area contributed by atoms with Crippen LogP contribution in [0.1, 0.15) is 5.69 Å². The van der Waals surface area contributed by atoms with Crippen molar-refractivity contribution in [2.45, 2.75) is 6.42 Å². The molecule has 1 aromatic heterocycles. The van der Waals surface area contributed by atoms with E-state index in [0.717, 1.165) is 16.2 Å². The summed E-state index contributed by atoms with van der Waals surface area (Å²) in [6.07, 6.45) is 0.0251. The number of carboxylic acid groups (broad SMARTS) is 1. The third kappa shape index (κ3) is 2.82. The first-order valence-corrected chi connectivity index (χ1v) is 6.00. The second-order valence-electron chi connectivity index (χ2n) is 3.59. The molecule has 4 nitrogen and oxygen atoms in total. The van der Waals surface area contributed by atoms with Gasteiger partial charge in [0.15, 0.2) is 4.80 Å². The second-order valence-corrected chi connectivity index (χ2v) is 4.42. The Bertz CT molecular complexity index is 584. The van der Waals surface area contributed by atoms with E-state index < -0.39 is 5.97 Å². The number of aromatic nitrogens is 1. The molecule has 0 spiro atoms. The fourth-order valence-corrected chi connectivity index (χ4v) is 2.35. The van der Waals surface area contributed by atoms with Crippen LogP contribution in [-0.2, 0) is 18.3 Å². The van der Waals surface area contributed by atoms with Gasteiger partial charge in [0.2, 0.25) is 0 Å². The van der Waals surface area contributed by atoms with E-state index in [0.29, 0.717) is 0 Å². The Kier molecular flexibility index (Phi) is 3.39. The monoisotopic (exact) mass is 248 g/mol. The lowest BCUT2D eigenvalue weighted by molar-refractivity contribution is -0.136. The van der Waals surface area contributed by atoms with Crippen LogP contribution in [0.2, 0.25) is 0 Å². The minimum atomic E-state index is -0.829. The Morgan fingerprint density at radius 2 is 2.12 bits per heavy atom. The van der Waals surface area contributed by atoms with E-state index in [4.69, 9.17) is 5.11 Å². The van der Waals surface area contributed by atoms with Crippen molar-refractivity contribution < 1.29 is 9.90 Å². The van der Waals surface area contributed by atoms with Crippen molar-refractivity contribution in [2.75, 3.05) is 0 Å². The third-order valence-corrected chi connectivity index (χ3v) is 3.30. The molecule has 5 heteroatoms. The summed E-state index contributed by atoms with van der Waals surface area (Å²) >= 11 is 1.45. The summed E-state index contributed by atoms with van der Waals surface area (Å²) < 4.78 is 1.81. The van der Waals surface area contributed by atoms with Crippen molar-refractivity contribution >= 4 is 23.0 Å². The summed E-state index contributed by atoms with van der Waals surface area (Å²) in [6, 6.07) is 9.60. The van der Waals surface area contributed by atoms with E-state index in [9.17, 15) is 4.79 Å². The number of carbonyl (C=O) groups is 1. The molecular weight excluding hydrogens is 236 g/mol. The quantitative estimate of drug-likeness (QED) is 0.902. The normalized spacial score (nSPS) is 11.7. The third-order valence-electron chi connectivity index (χ3n) is 2.33. The number of nitrogens with zero attached hydrogens (tertiary/aromatic N) is 2. The zero-order valence-electron chi connectivity index (χ0n) is 9.33. The molecule has 1 heterocycles. The zero-order chi connectivity index (χ0) is 12.3. The molecule has 1 aromatic carbocycles. The summed E-state index contributed by atoms with van der Waals surface area (Å²) in [5, 5.41) is 10.6. The lowest BCUT2D eigenvalue weighted by Crippen LogP contribution is -2.15. The van der Waals surface area contributed by atoms with Gasteiger partial charge in [0.05, 0.1) is 12.1 Å². The standard InChI is InChI=1S/C12H12N2O2S/c1-14-10(7-11(15)16)8-17-12(14)13-9-5-3-2-4-6-9/h2-6,8H,7H2,1H3,(H,15,16). The molecule has 88 valence electrons. The lowest BCUT2D eigenvalue weighted by Gasteiger charge is -1.98. The second kappa shape index (κ2) is 4.97. The number of thiazole rings is 1. The van der Waals surface area contributed by atoms with Crippen LogP contribution in [0.25, 0.3) is 0 Å². The molecule has 0 bridgehead atoms. The highest BCUT2D eigenvalue weighted by atomic mass is 32.1. The van der Waals surface area contributed by atoms with Crippen molar-refractivity contribution in [2.24, 2.45) is 12.0 Å². The van der Waals surface area contributed by atoms with Gasteiger partial charge in [-0.3, -0.25) is 4.79 Å². The molecule has 0 radical (unpaired) electrons. The fraction of sp³-hybridized carbons (Fsp3) is 0.167. The van der Waals surface area contributed by atoms with Crippen LogP contribution in [0.3, 0.4) is 0 Å². The number of aliphatic carboxylic acids is 1. The largest absolute Gasteiger partial charge is 0.481 e. The predicted molar refractivity (Wildman–Crippen MR) is 66.3 cm³/mol. The van der Waals surface area contributed by atoms with Crippen molar-refractivity contribution in [3.8, 4) is 0 Å². The first-order valence-electron chi connectivity index (χ1n) is 5.12. The van der Waals surface area contributed by atoms with Gasteiger partial charge < -0.3 is 9.67 Å². The van der Waals surface area contributed by atoms with Crippen LogP contribution in [0.4, 0.5) is 5.69 Å². The fourth-order valence-electron chi connectivity index (χ4n) is 1.43. The first kappa shape index (κ1) is 11.6. The van der Waals surface area contributed by atoms with Crippen LogP contribution in [0.5, 0.6) is 0 Å². The average Bonchev–Trinajstić information content (AvgIpc) is 2.62. The number of benzene rings is 1. The lowest BCUT2D eigenvalue weighted by atomic mass is 10.3. The summed E-state index contributed by atoms with van der Waals surface area (Å²) in [4.78, 5) is 15.9. The number of carboxylic acids is 1. The van der Waals surface area contributed by atoms with Gasteiger partial charge in [0.25, 0.3) is 0 Å². The Morgan fingerprint density at radius 1 is 1.41 bits per heavy atom. The number of hydrogen-bond acceptors (Lipinski definition) is 3. The summed E-state index contributed by atoms with van der Waals surface area (Å²) in [7, 11) is 1.83. The molecule has 0 aliphatic rings. The van der Waals surface area contributed by atoms with E-state index in [1.54, 1.807) is 0 Å². The maximum absolute atomic E-state index is 10.6. The molecule has 2 rings (SSSR count). The molecule has 0 fully saturated rings. The van der Waals surface area contributed by atoms with Gasteiger partial charge >= 0.3 is 5.97 Å². The molecule has 0 aliphatic carbocycles. The van der Waals surface area contributed by atoms with Gasteiger partial charge in [-0.1, -0.05) is 18.2 Å². The molecule has 0 aliphatic heterocycles. The van der Waals surface area contributed by atoms with Gasteiger partial charge in [-0.2, -0.15) is 0 Å². The highest BCUT2D eigenvalue weighted by Gasteiger charge is 2.05. The van der Waals surface area contributed by atoms with Crippen LogP contribution >= 0.6 is 11.3 Å². The molecule has 2 aromatic rings. The van der Waals surface area contributed by atoms with E-state index >= 15 is 0 Å². The minimum Gasteiger partial charge on any atom is -0.481 e.